The molecular weight excluding hydrogens is 328 g/mol. The van der Waals surface area contributed by atoms with Crippen LogP contribution in [-0.2, 0) is 6.42 Å². The first-order valence-corrected chi connectivity index (χ1v) is 6.97. The Morgan fingerprint density at radius 2 is 2.21 bits per heavy atom. The van der Waals surface area contributed by atoms with Crippen molar-refractivity contribution in [2.75, 3.05) is 7.11 Å². The molecule has 0 spiro atoms. The fraction of sp³-hybridized carbons (Fsp3) is 0.214. The van der Waals surface area contributed by atoms with Crippen molar-refractivity contribution in [2.24, 2.45) is 5.73 Å². The Morgan fingerprint density at radius 3 is 2.89 bits per heavy atom. The molecule has 3 nitrogen and oxygen atoms in total. The van der Waals surface area contributed by atoms with Gasteiger partial charge in [-0.25, -0.2) is 0 Å². The van der Waals surface area contributed by atoms with Gasteiger partial charge in [-0.15, -0.1) is 0 Å². The number of rotatable bonds is 4. The van der Waals surface area contributed by atoms with Crippen LogP contribution in [0.25, 0.3) is 0 Å². The molecule has 1 unspecified atom stereocenters. The lowest BCUT2D eigenvalue weighted by Crippen LogP contribution is -2.15. The molecule has 1 aromatic carbocycles. The predicted molar refractivity (Wildman–Crippen MR) is 80.6 cm³/mol. The number of hydrogen-bond donors (Lipinski definition) is 1. The minimum atomic E-state index is -0.253. The second-order valence-electron chi connectivity index (χ2n) is 4.14. The van der Waals surface area contributed by atoms with E-state index in [-0.39, 0.29) is 6.04 Å². The van der Waals surface area contributed by atoms with Gasteiger partial charge in [0, 0.05) is 10.7 Å². The van der Waals surface area contributed by atoms with Gasteiger partial charge in [-0.2, -0.15) is 0 Å². The summed E-state index contributed by atoms with van der Waals surface area (Å²) in [5.74, 6) is 0.803. The average Bonchev–Trinajstić information content (AvgIpc) is 2.41. The lowest BCUT2D eigenvalue weighted by Gasteiger charge is -2.14. The van der Waals surface area contributed by atoms with Crippen molar-refractivity contribution in [1.29, 1.82) is 0 Å². The summed E-state index contributed by atoms with van der Waals surface area (Å²) in [7, 11) is 1.64. The van der Waals surface area contributed by atoms with E-state index in [1.807, 2.05) is 18.2 Å². The quantitative estimate of drug-likeness (QED) is 0.921. The van der Waals surface area contributed by atoms with Crippen LogP contribution in [0.1, 0.15) is 17.3 Å². The monoisotopic (exact) mass is 340 g/mol. The summed E-state index contributed by atoms with van der Waals surface area (Å²) >= 11 is 9.62. The molecule has 0 aliphatic heterocycles. The van der Waals surface area contributed by atoms with E-state index in [4.69, 9.17) is 22.1 Å². The van der Waals surface area contributed by atoms with Crippen LogP contribution in [0.5, 0.6) is 5.75 Å². The van der Waals surface area contributed by atoms with Crippen LogP contribution in [-0.4, -0.2) is 12.1 Å². The van der Waals surface area contributed by atoms with Crippen LogP contribution in [0, 0.1) is 0 Å². The Bertz CT molecular complexity index is 577. The average molecular weight is 342 g/mol. The molecule has 100 valence electrons. The van der Waals surface area contributed by atoms with Gasteiger partial charge in [-0.1, -0.05) is 27.5 Å². The van der Waals surface area contributed by atoms with Crippen LogP contribution in [0.2, 0.25) is 5.02 Å². The predicted octanol–water partition coefficient (Wildman–Crippen LogP) is 3.75. The maximum Gasteiger partial charge on any atom is 0.119 e. The van der Waals surface area contributed by atoms with E-state index in [0.717, 1.165) is 15.8 Å². The number of aromatic nitrogens is 1. The molecule has 2 rings (SSSR count). The second-order valence-corrected chi connectivity index (χ2v) is 5.40. The second kappa shape index (κ2) is 6.37. The number of ether oxygens (including phenoxy) is 1. The lowest BCUT2D eigenvalue weighted by atomic mass is 10.0. The standard InChI is InChI=1S/C14H14BrClN2O/c1-19-10-4-5-11(15)9(7-10)8-13(17)14-12(16)3-2-6-18-14/h2-7,13H,8,17H2,1H3. The van der Waals surface area contributed by atoms with E-state index in [9.17, 15) is 0 Å². The number of halogens is 2. The Morgan fingerprint density at radius 1 is 1.42 bits per heavy atom. The summed E-state index contributed by atoms with van der Waals surface area (Å²) in [6, 6.07) is 9.14. The van der Waals surface area contributed by atoms with Crippen LogP contribution in [0.4, 0.5) is 0 Å². The minimum Gasteiger partial charge on any atom is -0.497 e. The van der Waals surface area contributed by atoms with Gasteiger partial charge in [-0.05, 0) is 42.3 Å². The molecule has 1 atom stereocenters. The minimum absolute atomic E-state index is 0.253. The van der Waals surface area contributed by atoms with E-state index < -0.39 is 0 Å². The first-order valence-electron chi connectivity index (χ1n) is 5.80. The number of nitrogens with zero attached hydrogens (tertiary/aromatic N) is 1. The summed E-state index contributed by atoms with van der Waals surface area (Å²) in [5.41, 5.74) is 7.95. The first kappa shape index (κ1) is 14.3. The Labute approximate surface area is 125 Å². The van der Waals surface area contributed by atoms with Crippen molar-refractivity contribution in [3.05, 3.63) is 57.3 Å². The smallest absolute Gasteiger partial charge is 0.119 e. The molecule has 0 saturated heterocycles. The third-order valence-corrected chi connectivity index (χ3v) is 3.92. The summed E-state index contributed by atoms with van der Waals surface area (Å²) in [6.07, 6.45) is 2.33. The SMILES string of the molecule is COc1ccc(Br)c(CC(N)c2ncccc2Cl)c1. The van der Waals surface area contributed by atoms with Gasteiger partial charge < -0.3 is 10.5 Å². The lowest BCUT2D eigenvalue weighted by molar-refractivity contribution is 0.414. The molecule has 0 amide bonds. The molecule has 1 aromatic heterocycles. The number of benzene rings is 1. The highest BCUT2D eigenvalue weighted by Crippen LogP contribution is 2.28. The van der Waals surface area contributed by atoms with E-state index in [1.165, 1.54) is 0 Å². The van der Waals surface area contributed by atoms with Crippen LogP contribution >= 0.6 is 27.5 Å². The fourth-order valence-corrected chi connectivity index (χ4v) is 2.51. The van der Waals surface area contributed by atoms with Crippen molar-refractivity contribution < 1.29 is 4.74 Å². The molecule has 0 saturated carbocycles. The Hall–Kier alpha value is -1.10. The first-order chi connectivity index (χ1) is 9.11. The summed E-state index contributed by atoms with van der Waals surface area (Å²) in [5, 5.41) is 0.592. The molecule has 2 N–H and O–H groups in total. The number of nitrogens with two attached hydrogens (primary N) is 1. The third-order valence-electron chi connectivity index (χ3n) is 2.83. The van der Waals surface area contributed by atoms with Crippen LogP contribution in [0.15, 0.2) is 41.0 Å². The molecule has 5 heteroatoms. The van der Waals surface area contributed by atoms with E-state index >= 15 is 0 Å². The molecule has 0 aliphatic carbocycles. The molecule has 0 radical (unpaired) electrons. The van der Waals surface area contributed by atoms with Gasteiger partial charge in [-0.3, -0.25) is 4.98 Å². The normalized spacial score (nSPS) is 12.2. The molecule has 0 bridgehead atoms. The maximum atomic E-state index is 6.18. The van der Waals surface area contributed by atoms with Crippen LogP contribution in [0.3, 0.4) is 0 Å². The van der Waals surface area contributed by atoms with Crippen molar-refractivity contribution in [3.8, 4) is 5.75 Å². The van der Waals surface area contributed by atoms with Gasteiger partial charge in [0.1, 0.15) is 5.75 Å². The summed E-state index contributed by atoms with van der Waals surface area (Å²) in [6.45, 7) is 0. The molecule has 19 heavy (non-hydrogen) atoms. The zero-order valence-corrected chi connectivity index (χ0v) is 12.8. The molecular formula is C14H14BrClN2O. The number of methoxy groups -OCH3 is 1. The largest absolute Gasteiger partial charge is 0.497 e. The highest BCUT2D eigenvalue weighted by atomic mass is 79.9. The Balaban J connectivity index is 2.24. The summed E-state index contributed by atoms with van der Waals surface area (Å²) < 4.78 is 6.21. The zero-order valence-electron chi connectivity index (χ0n) is 10.4. The Kier molecular flexibility index (Phi) is 4.80. The molecule has 2 aromatic rings. The summed E-state index contributed by atoms with van der Waals surface area (Å²) in [4.78, 5) is 4.24. The highest BCUT2D eigenvalue weighted by Gasteiger charge is 2.14. The number of hydrogen-bond acceptors (Lipinski definition) is 3. The van der Waals surface area contributed by atoms with Crippen molar-refractivity contribution in [3.63, 3.8) is 0 Å². The van der Waals surface area contributed by atoms with Crippen molar-refractivity contribution in [1.82, 2.24) is 4.98 Å². The van der Waals surface area contributed by atoms with E-state index in [0.29, 0.717) is 17.1 Å². The molecule has 0 aliphatic rings. The van der Waals surface area contributed by atoms with Crippen molar-refractivity contribution >= 4 is 27.5 Å². The zero-order chi connectivity index (χ0) is 13.8. The van der Waals surface area contributed by atoms with E-state index in [2.05, 4.69) is 20.9 Å². The highest BCUT2D eigenvalue weighted by molar-refractivity contribution is 9.10. The van der Waals surface area contributed by atoms with Gasteiger partial charge in [0.05, 0.1) is 23.9 Å². The maximum absolute atomic E-state index is 6.18. The van der Waals surface area contributed by atoms with Crippen molar-refractivity contribution in [2.45, 2.75) is 12.5 Å². The topological polar surface area (TPSA) is 48.1 Å². The third kappa shape index (κ3) is 3.47. The fourth-order valence-electron chi connectivity index (χ4n) is 1.84. The van der Waals surface area contributed by atoms with Gasteiger partial charge >= 0.3 is 0 Å². The molecule has 1 heterocycles. The van der Waals surface area contributed by atoms with Gasteiger partial charge in [0.2, 0.25) is 0 Å². The van der Waals surface area contributed by atoms with E-state index in [1.54, 1.807) is 25.4 Å². The van der Waals surface area contributed by atoms with Gasteiger partial charge in [0.25, 0.3) is 0 Å². The number of pyridine rings is 1. The van der Waals surface area contributed by atoms with Crippen LogP contribution < -0.4 is 10.5 Å². The molecule has 0 fully saturated rings. The van der Waals surface area contributed by atoms with Gasteiger partial charge in [0.15, 0.2) is 0 Å².